The van der Waals surface area contributed by atoms with Crippen molar-refractivity contribution in [3.8, 4) is 0 Å². The molecule has 2 aliphatic rings. The summed E-state index contributed by atoms with van der Waals surface area (Å²) in [4.78, 5) is 0. The summed E-state index contributed by atoms with van der Waals surface area (Å²) >= 11 is 0. The molecule has 0 aromatic rings. The minimum absolute atomic E-state index is 0.693. The van der Waals surface area contributed by atoms with Crippen LogP contribution in [0.3, 0.4) is 0 Å². The zero-order chi connectivity index (χ0) is 6.97. The third-order valence-electron chi connectivity index (χ3n) is 2.63. The van der Waals surface area contributed by atoms with Crippen LogP contribution < -0.4 is 11.2 Å². The summed E-state index contributed by atoms with van der Waals surface area (Å²) < 4.78 is 0. The molecule has 0 radical (unpaired) electrons. The van der Waals surface area contributed by atoms with Crippen LogP contribution in [0.15, 0.2) is 0 Å². The van der Waals surface area contributed by atoms with Gasteiger partial charge in [0.15, 0.2) is 0 Å². The quantitative estimate of drug-likeness (QED) is 0.449. The molecule has 0 aromatic heterocycles. The third kappa shape index (κ3) is 1.05. The van der Waals surface area contributed by atoms with Crippen molar-refractivity contribution in [3.63, 3.8) is 0 Å². The highest BCUT2D eigenvalue weighted by atomic mass is 15.4. The maximum absolute atomic E-state index is 5.69. The summed E-state index contributed by atoms with van der Waals surface area (Å²) in [5.41, 5.74) is 0. The van der Waals surface area contributed by atoms with Gasteiger partial charge < -0.3 is 5.32 Å². The number of piperidine rings is 1. The number of rotatable bonds is 0. The van der Waals surface area contributed by atoms with Crippen LogP contribution in [-0.4, -0.2) is 30.7 Å². The van der Waals surface area contributed by atoms with Crippen LogP contribution >= 0.6 is 0 Å². The second-order valence-corrected chi connectivity index (χ2v) is 3.42. The van der Waals surface area contributed by atoms with Gasteiger partial charge in [0.1, 0.15) is 0 Å². The topological polar surface area (TPSA) is 41.3 Å². The molecule has 2 rings (SSSR count). The number of hydrogen-bond acceptors (Lipinski definition) is 3. The van der Waals surface area contributed by atoms with E-state index < -0.39 is 0 Å². The van der Waals surface area contributed by atoms with Crippen molar-refractivity contribution in [2.24, 2.45) is 11.8 Å². The van der Waals surface area contributed by atoms with E-state index in [1.807, 2.05) is 5.01 Å². The highest BCUT2D eigenvalue weighted by molar-refractivity contribution is 4.89. The lowest BCUT2D eigenvalue weighted by Gasteiger charge is -2.24. The molecule has 3 nitrogen and oxygen atoms in total. The molecule has 58 valence electrons. The zero-order valence-corrected chi connectivity index (χ0v) is 6.21. The van der Waals surface area contributed by atoms with E-state index in [0.29, 0.717) is 6.04 Å². The molecular formula is C7H15N3. The van der Waals surface area contributed by atoms with Gasteiger partial charge in [-0.05, 0) is 25.3 Å². The fraction of sp³-hybridized carbons (Fsp3) is 1.00. The van der Waals surface area contributed by atoms with Gasteiger partial charge in [0.2, 0.25) is 0 Å². The summed E-state index contributed by atoms with van der Waals surface area (Å²) in [7, 11) is 0. The van der Waals surface area contributed by atoms with Crippen LogP contribution in [0, 0.1) is 5.92 Å². The average molecular weight is 141 g/mol. The van der Waals surface area contributed by atoms with Gasteiger partial charge in [-0.15, -0.1) is 0 Å². The van der Waals surface area contributed by atoms with E-state index in [0.717, 1.165) is 19.0 Å². The normalized spacial score (nSPS) is 41.7. The van der Waals surface area contributed by atoms with Crippen molar-refractivity contribution < 1.29 is 0 Å². The predicted molar refractivity (Wildman–Crippen MR) is 40.3 cm³/mol. The van der Waals surface area contributed by atoms with Crippen LogP contribution in [0.4, 0.5) is 0 Å². The summed E-state index contributed by atoms with van der Waals surface area (Å²) in [5, 5.41) is 5.43. The lowest BCUT2D eigenvalue weighted by atomic mass is 9.94. The Morgan fingerprint density at radius 2 is 2.30 bits per heavy atom. The van der Waals surface area contributed by atoms with Gasteiger partial charge in [0, 0.05) is 19.1 Å². The second-order valence-electron chi connectivity index (χ2n) is 3.42. The molecule has 10 heavy (non-hydrogen) atoms. The summed E-state index contributed by atoms with van der Waals surface area (Å²) in [6.07, 6.45) is 2.69. The van der Waals surface area contributed by atoms with Gasteiger partial charge in [-0.3, -0.25) is 5.84 Å². The molecule has 2 atom stereocenters. The smallest absolute Gasteiger partial charge is 0.0286 e. The number of hydrogen-bond donors (Lipinski definition) is 2. The Bertz CT molecular complexity index is 112. The van der Waals surface area contributed by atoms with Crippen molar-refractivity contribution in [2.75, 3.05) is 19.6 Å². The zero-order valence-electron chi connectivity index (χ0n) is 6.21. The lowest BCUT2D eigenvalue weighted by molar-refractivity contribution is 0.328. The molecule has 2 saturated heterocycles. The first kappa shape index (κ1) is 6.58. The van der Waals surface area contributed by atoms with Crippen molar-refractivity contribution in [2.45, 2.75) is 18.9 Å². The first-order valence-corrected chi connectivity index (χ1v) is 4.09. The summed E-state index contributed by atoms with van der Waals surface area (Å²) in [6.45, 7) is 3.33. The van der Waals surface area contributed by atoms with Crippen LogP contribution in [0.5, 0.6) is 0 Å². The highest BCUT2D eigenvalue weighted by Gasteiger charge is 2.32. The summed E-state index contributed by atoms with van der Waals surface area (Å²) in [5.74, 6) is 6.52. The Kier molecular flexibility index (Phi) is 1.64. The van der Waals surface area contributed by atoms with E-state index in [9.17, 15) is 0 Å². The van der Waals surface area contributed by atoms with E-state index in [4.69, 9.17) is 5.84 Å². The largest absolute Gasteiger partial charge is 0.312 e. The molecule has 2 aliphatic heterocycles. The maximum Gasteiger partial charge on any atom is 0.0286 e. The molecule has 3 heteroatoms. The maximum atomic E-state index is 5.69. The molecule has 0 saturated carbocycles. The minimum Gasteiger partial charge on any atom is -0.312 e. The SMILES string of the molecule is NN1CC2CCCNC2C1. The first-order valence-electron chi connectivity index (χ1n) is 4.09. The number of nitrogens with one attached hydrogen (secondary N) is 1. The monoisotopic (exact) mass is 141 g/mol. The number of fused-ring (bicyclic) bond motifs is 1. The molecule has 0 amide bonds. The first-order chi connectivity index (χ1) is 4.86. The molecule has 2 fully saturated rings. The molecule has 0 spiro atoms. The molecule has 0 aromatic carbocycles. The van der Waals surface area contributed by atoms with Crippen LogP contribution in [0.1, 0.15) is 12.8 Å². The summed E-state index contributed by atoms with van der Waals surface area (Å²) in [6, 6.07) is 0.693. The van der Waals surface area contributed by atoms with Crippen LogP contribution in [0.2, 0.25) is 0 Å². The van der Waals surface area contributed by atoms with E-state index in [-0.39, 0.29) is 0 Å². The fourth-order valence-electron chi connectivity index (χ4n) is 2.08. The van der Waals surface area contributed by atoms with E-state index >= 15 is 0 Å². The Morgan fingerprint density at radius 3 is 3.10 bits per heavy atom. The van der Waals surface area contributed by atoms with Crippen LogP contribution in [0.25, 0.3) is 0 Å². The van der Waals surface area contributed by atoms with Gasteiger partial charge in [-0.2, -0.15) is 0 Å². The highest BCUT2D eigenvalue weighted by Crippen LogP contribution is 2.22. The lowest BCUT2D eigenvalue weighted by Crippen LogP contribution is -2.41. The predicted octanol–water partition coefficient (Wildman–Crippen LogP) is -0.456. The van der Waals surface area contributed by atoms with E-state index in [1.165, 1.54) is 19.4 Å². The Labute approximate surface area is 61.5 Å². The Morgan fingerprint density at radius 1 is 1.40 bits per heavy atom. The molecular weight excluding hydrogens is 126 g/mol. The Balaban J connectivity index is 1.97. The fourth-order valence-corrected chi connectivity index (χ4v) is 2.08. The molecule has 0 aliphatic carbocycles. The van der Waals surface area contributed by atoms with Gasteiger partial charge >= 0.3 is 0 Å². The van der Waals surface area contributed by atoms with Crippen LogP contribution in [-0.2, 0) is 0 Å². The van der Waals surface area contributed by atoms with E-state index in [1.54, 1.807) is 0 Å². The Hall–Kier alpha value is -0.120. The van der Waals surface area contributed by atoms with Gasteiger partial charge in [-0.1, -0.05) is 0 Å². The molecule has 3 N–H and O–H groups in total. The minimum atomic E-state index is 0.693. The van der Waals surface area contributed by atoms with Gasteiger partial charge in [0.05, 0.1) is 0 Å². The molecule has 2 unspecified atom stereocenters. The van der Waals surface area contributed by atoms with Gasteiger partial charge in [0.25, 0.3) is 0 Å². The van der Waals surface area contributed by atoms with Gasteiger partial charge in [-0.25, -0.2) is 5.01 Å². The number of nitrogens with two attached hydrogens (primary N) is 1. The number of hydrazine groups is 1. The van der Waals surface area contributed by atoms with Crippen molar-refractivity contribution in [1.29, 1.82) is 0 Å². The van der Waals surface area contributed by atoms with Crippen molar-refractivity contribution in [3.05, 3.63) is 0 Å². The van der Waals surface area contributed by atoms with Crippen molar-refractivity contribution in [1.82, 2.24) is 10.3 Å². The second kappa shape index (κ2) is 2.49. The van der Waals surface area contributed by atoms with Crippen molar-refractivity contribution >= 4 is 0 Å². The van der Waals surface area contributed by atoms with E-state index in [2.05, 4.69) is 5.32 Å². The molecule has 0 bridgehead atoms. The average Bonchev–Trinajstić information content (AvgIpc) is 2.27. The standard InChI is InChI=1S/C7H15N3/c8-10-4-6-2-1-3-9-7(6)5-10/h6-7,9H,1-5,8H2. The third-order valence-corrected chi connectivity index (χ3v) is 2.63. The number of nitrogens with zero attached hydrogens (tertiary/aromatic N) is 1. The molecule has 2 heterocycles.